The van der Waals surface area contributed by atoms with E-state index in [4.69, 9.17) is 9.52 Å². The van der Waals surface area contributed by atoms with Crippen molar-refractivity contribution in [2.24, 2.45) is 11.8 Å². The quantitative estimate of drug-likeness (QED) is 0.783. The summed E-state index contributed by atoms with van der Waals surface area (Å²) >= 11 is 0. The fraction of sp³-hybridized carbons (Fsp3) is 0.158. The van der Waals surface area contributed by atoms with E-state index in [1.807, 2.05) is 60.7 Å². The lowest BCUT2D eigenvalue weighted by atomic mass is 10.1. The predicted molar refractivity (Wildman–Crippen MR) is 87.7 cm³/mol. The number of aliphatic carboxylic acids is 1. The number of carboxylic acid groups (broad SMARTS) is 1. The minimum Gasteiger partial charge on any atom is -0.481 e. The first kappa shape index (κ1) is 13.8. The van der Waals surface area contributed by atoms with E-state index in [0.29, 0.717) is 5.89 Å². The van der Waals surface area contributed by atoms with E-state index in [1.54, 1.807) is 0 Å². The number of carbonyl (C=O) groups is 1. The highest BCUT2D eigenvalue weighted by Crippen LogP contribution is 2.40. The molecule has 3 aromatic rings. The van der Waals surface area contributed by atoms with E-state index < -0.39 is 5.97 Å². The van der Waals surface area contributed by atoms with Crippen molar-refractivity contribution in [3.63, 3.8) is 0 Å². The van der Waals surface area contributed by atoms with E-state index in [-0.39, 0.29) is 11.8 Å². The summed E-state index contributed by atoms with van der Waals surface area (Å²) in [6, 6.07) is 15.6. The SMILES string of the molecule is O=C(O)[C@@H]1C[C@H]1C=Cc1ccc(-c2nc3ccccc3o2)cc1. The van der Waals surface area contributed by atoms with Gasteiger partial charge in [0.1, 0.15) is 5.52 Å². The summed E-state index contributed by atoms with van der Waals surface area (Å²) in [7, 11) is 0. The molecule has 0 radical (unpaired) electrons. The van der Waals surface area contributed by atoms with Gasteiger partial charge in [0.25, 0.3) is 0 Å². The molecule has 1 aliphatic carbocycles. The third-order valence-electron chi connectivity index (χ3n) is 4.14. The van der Waals surface area contributed by atoms with Crippen LogP contribution in [0.15, 0.2) is 59.0 Å². The van der Waals surface area contributed by atoms with Gasteiger partial charge in [-0.05, 0) is 42.2 Å². The molecule has 0 amide bonds. The third kappa shape index (κ3) is 2.75. The minimum absolute atomic E-state index is 0.171. The lowest BCUT2D eigenvalue weighted by Crippen LogP contribution is -1.97. The number of allylic oxidation sites excluding steroid dienone is 1. The summed E-state index contributed by atoms with van der Waals surface area (Å²) in [4.78, 5) is 15.3. The van der Waals surface area contributed by atoms with Crippen LogP contribution in [0.2, 0.25) is 0 Å². The Bertz CT molecular complexity index is 859. The summed E-state index contributed by atoms with van der Waals surface area (Å²) in [5, 5.41) is 8.89. The molecule has 2 atom stereocenters. The Morgan fingerprint density at radius 1 is 1.17 bits per heavy atom. The molecule has 0 unspecified atom stereocenters. The molecule has 0 saturated heterocycles. The van der Waals surface area contributed by atoms with Crippen molar-refractivity contribution in [3.8, 4) is 11.5 Å². The number of rotatable bonds is 4. The normalized spacial score (nSPS) is 20.2. The van der Waals surface area contributed by atoms with Crippen molar-refractivity contribution >= 4 is 23.1 Å². The maximum Gasteiger partial charge on any atom is 0.307 e. The number of hydrogen-bond acceptors (Lipinski definition) is 3. The number of oxazole rings is 1. The molecule has 1 aliphatic rings. The first-order valence-corrected chi connectivity index (χ1v) is 7.58. The highest BCUT2D eigenvalue weighted by atomic mass is 16.4. The maximum absolute atomic E-state index is 10.8. The minimum atomic E-state index is -0.703. The smallest absolute Gasteiger partial charge is 0.307 e. The van der Waals surface area contributed by atoms with Gasteiger partial charge in [-0.1, -0.05) is 36.4 Å². The van der Waals surface area contributed by atoms with Gasteiger partial charge in [0.2, 0.25) is 5.89 Å². The Kier molecular flexibility index (Phi) is 3.23. The number of carboxylic acids is 1. The molecular formula is C19H15NO3. The lowest BCUT2D eigenvalue weighted by Gasteiger charge is -1.97. The van der Waals surface area contributed by atoms with Crippen LogP contribution in [0.4, 0.5) is 0 Å². The Labute approximate surface area is 133 Å². The van der Waals surface area contributed by atoms with Crippen LogP contribution in [-0.4, -0.2) is 16.1 Å². The maximum atomic E-state index is 10.8. The van der Waals surface area contributed by atoms with E-state index in [1.165, 1.54) is 0 Å². The molecule has 1 fully saturated rings. The number of aromatic nitrogens is 1. The van der Waals surface area contributed by atoms with Crippen LogP contribution < -0.4 is 0 Å². The molecule has 23 heavy (non-hydrogen) atoms. The molecular weight excluding hydrogens is 290 g/mol. The number of fused-ring (bicyclic) bond motifs is 1. The Morgan fingerprint density at radius 2 is 1.96 bits per heavy atom. The molecule has 1 saturated carbocycles. The van der Waals surface area contributed by atoms with E-state index >= 15 is 0 Å². The second-order valence-corrected chi connectivity index (χ2v) is 5.81. The van der Waals surface area contributed by atoms with E-state index in [0.717, 1.165) is 28.6 Å². The molecule has 4 rings (SSSR count). The molecule has 2 aromatic carbocycles. The van der Waals surface area contributed by atoms with Crippen LogP contribution in [0.3, 0.4) is 0 Å². The molecule has 1 aromatic heterocycles. The first-order valence-electron chi connectivity index (χ1n) is 7.58. The van der Waals surface area contributed by atoms with Crippen molar-refractivity contribution in [3.05, 3.63) is 60.2 Å². The number of benzene rings is 2. The Morgan fingerprint density at radius 3 is 2.65 bits per heavy atom. The van der Waals surface area contributed by atoms with Gasteiger partial charge in [-0.2, -0.15) is 0 Å². The molecule has 4 nitrogen and oxygen atoms in total. The van der Waals surface area contributed by atoms with E-state index in [9.17, 15) is 4.79 Å². The summed E-state index contributed by atoms with van der Waals surface area (Å²) in [5.41, 5.74) is 3.59. The van der Waals surface area contributed by atoms with Crippen LogP contribution in [0.25, 0.3) is 28.6 Å². The molecule has 1 heterocycles. The second kappa shape index (κ2) is 5.39. The van der Waals surface area contributed by atoms with Gasteiger partial charge in [-0.15, -0.1) is 0 Å². The summed E-state index contributed by atoms with van der Waals surface area (Å²) in [6.45, 7) is 0. The fourth-order valence-electron chi connectivity index (χ4n) is 2.68. The van der Waals surface area contributed by atoms with Gasteiger partial charge >= 0.3 is 5.97 Å². The summed E-state index contributed by atoms with van der Waals surface area (Å²) in [6.07, 6.45) is 4.70. The zero-order valence-electron chi connectivity index (χ0n) is 12.3. The standard InChI is InChI=1S/C19H15NO3/c21-19(22)15-11-14(15)10-7-12-5-8-13(9-6-12)18-20-16-3-1-2-4-17(16)23-18/h1-10,14-15H,11H2,(H,21,22)/t14-,15-/m1/s1. The molecule has 114 valence electrons. The topological polar surface area (TPSA) is 63.3 Å². The van der Waals surface area contributed by atoms with Crippen molar-refractivity contribution in [2.75, 3.05) is 0 Å². The zero-order valence-corrected chi connectivity index (χ0v) is 12.3. The molecule has 0 aliphatic heterocycles. The van der Waals surface area contributed by atoms with Crippen LogP contribution in [0, 0.1) is 11.8 Å². The highest BCUT2D eigenvalue weighted by molar-refractivity contribution is 5.76. The lowest BCUT2D eigenvalue weighted by molar-refractivity contribution is -0.138. The number of para-hydroxylation sites is 2. The molecule has 0 bridgehead atoms. The van der Waals surface area contributed by atoms with Crippen LogP contribution in [0.1, 0.15) is 12.0 Å². The van der Waals surface area contributed by atoms with E-state index in [2.05, 4.69) is 4.98 Å². The largest absolute Gasteiger partial charge is 0.481 e. The number of nitrogens with zero attached hydrogens (tertiary/aromatic N) is 1. The van der Waals surface area contributed by atoms with Gasteiger partial charge in [0.05, 0.1) is 5.92 Å². The third-order valence-corrected chi connectivity index (χ3v) is 4.14. The molecule has 1 N–H and O–H groups in total. The van der Waals surface area contributed by atoms with Crippen LogP contribution in [0.5, 0.6) is 0 Å². The highest BCUT2D eigenvalue weighted by Gasteiger charge is 2.40. The fourth-order valence-corrected chi connectivity index (χ4v) is 2.68. The monoisotopic (exact) mass is 305 g/mol. The average molecular weight is 305 g/mol. The zero-order chi connectivity index (χ0) is 15.8. The summed E-state index contributed by atoms with van der Waals surface area (Å²) < 4.78 is 5.75. The average Bonchev–Trinajstić information content (AvgIpc) is 3.23. The number of hydrogen-bond donors (Lipinski definition) is 1. The van der Waals surface area contributed by atoms with Crippen molar-refractivity contribution in [2.45, 2.75) is 6.42 Å². The molecule has 4 heteroatoms. The second-order valence-electron chi connectivity index (χ2n) is 5.81. The van der Waals surface area contributed by atoms with Crippen LogP contribution >= 0.6 is 0 Å². The van der Waals surface area contributed by atoms with Crippen LogP contribution in [-0.2, 0) is 4.79 Å². The Hall–Kier alpha value is -2.88. The Balaban J connectivity index is 1.51. The van der Waals surface area contributed by atoms with Gasteiger partial charge in [0, 0.05) is 5.56 Å². The first-order chi connectivity index (χ1) is 11.2. The van der Waals surface area contributed by atoms with Crippen molar-refractivity contribution < 1.29 is 14.3 Å². The van der Waals surface area contributed by atoms with Gasteiger partial charge in [-0.25, -0.2) is 4.98 Å². The van der Waals surface area contributed by atoms with Gasteiger partial charge in [-0.3, -0.25) is 4.79 Å². The predicted octanol–water partition coefficient (Wildman–Crippen LogP) is 4.23. The van der Waals surface area contributed by atoms with Crippen molar-refractivity contribution in [1.29, 1.82) is 0 Å². The van der Waals surface area contributed by atoms with Gasteiger partial charge < -0.3 is 9.52 Å². The van der Waals surface area contributed by atoms with Crippen molar-refractivity contribution in [1.82, 2.24) is 4.98 Å². The summed E-state index contributed by atoms with van der Waals surface area (Å²) in [5.74, 6) is -0.129. The molecule has 0 spiro atoms. The van der Waals surface area contributed by atoms with Gasteiger partial charge in [0.15, 0.2) is 5.58 Å².